The molecule has 0 saturated heterocycles. The van der Waals surface area contributed by atoms with Crippen molar-refractivity contribution in [2.24, 2.45) is 0 Å². The van der Waals surface area contributed by atoms with Crippen LogP contribution in [-0.2, 0) is 4.74 Å². The molecule has 2 nitrogen and oxygen atoms in total. The zero-order chi connectivity index (χ0) is 10.4. The second-order valence-corrected chi connectivity index (χ2v) is 3.05. The molecule has 0 aromatic heterocycles. The summed E-state index contributed by atoms with van der Waals surface area (Å²) in [5.41, 5.74) is 1.89. The zero-order valence-electron chi connectivity index (χ0n) is 7.47. The monoisotopic (exact) mass is 203 g/mol. The normalized spacial score (nSPS) is 9.71. The zero-order valence-corrected chi connectivity index (χ0v) is 8.37. The van der Waals surface area contributed by atoms with Crippen LogP contribution in [0, 0.1) is 11.5 Å². The fourth-order valence-electron chi connectivity index (χ4n) is 1.03. The van der Waals surface area contributed by atoms with Gasteiger partial charge >= 0.3 is 0 Å². The predicted molar refractivity (Wildman–Crippen MR) is 59.5 cm³/mol. The Morgan fingerprint density at radius 1 is 1.43 bits per heavy atom. The molecule has 0 heterocycles. The van der Waals surface area contributed by atoms with E-state index < -0.39 is 0 Å². The molecule has 70 valence electrons. The molecule has 3 heteroatoms. The molecular weight excluding hydrogens is 194 g/mol. The second kappa shape index (κ2) is 5.15. The number of nitrogens with zero attached hydrogens (tertiary/aromatic N) is 1. The highest BCUT2D eigenvalue weighted by Crippen LogP contribution is 2.17. The standard InChI is InChI=1S/C11H9NOS/c1-2-9-3-4-11(14)7-10(9)5-6-13-8-12/h2-7,14H,1H2/b6-5+. The number of benzene rings is 1. The summed E-state index contributed by atoms with van der Waals surface area (Å²) in [6, 6.07) is 5.65. The van der Waals surface area contributed by atoms with E-state index in [2.05, 4.69) is 23.9 Å². The molecule has 0 N–H and O–H groups in total. The van der Waals surface area contributed by atoms with Gasteiger partial charge in [-0.05, 0) is 29.3 Å². The third kappa shape index (κ3) is 2.68. The van der Waals surface area contributed by atoms with Crippen LogP contribution in [0.15, 0.2) is 35.9 Å². The van der Waals surface area contributed by atoms with E-state index in [-0.39, 0.29) is 0 Å². The van der Waals surface area contributed by atoms with Gasteiger partial charge in [-0.15, -0.1) is 17.9 Å². The van der Waals surface area contributed by atoms with E-state index in [4.69, 9.17) is 5.26 Å². The van der Waals surface area contributed by atoms with Gasteiger partial charge in [-0.2, -0.15) is 0 Å². The van der Waals surface area contributed by atoms with Crippen LogP contribution < -0.4 is 0 Å². The first-order valence-corrected chi connectivity index (χ1v) is 4.39. The first-order chi connectivity index (χ1) is 6.77. The molecule has 0 unspecified atom stereocenters. The lowest BCUT2D eigenvalue weighted by Crippen LogP contribution is -1.80. The van der Waals surface area contributed by atoms with E-state index in [0.29, 0.717) is 0 Å². The molecule has 0 spiro atoms. The highest BCUT2D eigenvalue weighted by molar-refractivity contribution is 7.80. The van der Waals surface area contributed by atoms with E-state index in [1.165, 1.54) is 6.26 Å². The van der Waals surface area contributed by atoms with E-state index in [1.807, 2.05) is 18.2 Å². The lowest BCUT2D eigenvalue weighted by molar-refractivity contribution is 0.432. The summed E-state index contributed by atoms with van der Waals surface area (Å²) in [6.45, 7) is 3.68. The van der Waals surface area contributed by atoms with Gasteiger partial charge < -0.3 is 4.74 Å². The number of hydrogen-bond donors (Lipinski definition) is 1. The number of thiol groups is 1. The van der Waals surface area contributed by atoms with Crippen LogP contribution in [-0.4, -0.2) is 0 Å². The van der Waals surface area contributed by atoms with Gasteiger partial charge in [0, 0.05) is 4.90 Å². The van der Waals surface area contributed by atoms with Crippen LogP contribution in [0.2, 0.25) is 0 Å². The molecule has 0 amide bonds. The van der Waals surface area contributed by atoms with Gasteiger partial charge in [0.05, 0.1) is 0 Å². The van der Waals surface area contributed by atoms with Crippen molar-refractivity contribution in [3.05, 3.63) is 42.2 Å². The smallest absolute Gasteiger partial charge is 0.291 e. The van der Waals surface area contributed by atoms with Crippen molar-refractivity contribution in [2.45, 2.75) is 4.90 Å². The van der Waals surface area contributed by atoms with E-state index >= 15 is 0 Å². The Morgan fingerprint density at radius 3 is 2.86 bits per heavy atom. The molecule has 1 aromatic carbocycles. The Balaban J connectivity index is 3.00. The fourth-order valence-corrected chi connectivity index (χ4v) is 1.24. The molecule has 0 aliphatic carbocycles. The van der Waals surface area contributed by atoms with Gasteiger partial charge in [0.25, 0.3) is 6.26 Å². The Labute approximate surface area is 88.5 Å². The Morgan fingerprint density at radius 2 is 2.21 bits per heavy atom. The fraction of sp³-hybridized carbons (Fsp3) is 0. The molecule has 0 fully saturated rings. The maximum absolute atomic E-state index is 8.17. The largest absolute Gasteiger partial charge is 0.396 e. The van der Waals surface area contributed by atoms with Crippen LogP contribution in [0.1, 0.15) is 11.1 Å². The summed E-state index contributed by atoms with van der Waals surface area (Å²) in [5, 5.41) is 8.17. The quantitative estimate of drug-likeness (QED) is 0.465. The van der Waals surface area contributed by atoms with Gasteiger partial charge in [0.1, 0.15) is 6.26 Å². The molecule has 0 radical (unpaired) electrons. The predicted octanol–water partition coefficient (Wildman–Crippen LogP) is 3.09. The SMILES string of the molecule is C=Cc1ccc(S)cc1/C=C/OC#N. The van der Waals surface area contributed by atoms with E-state index in [0.717, 1.165) is 16.0 Å². The Bertz CT molecular complexity index is 404. The van der Waals surface area contributed by atoms with Crippen molar-refractivity contribution in [3.63, 3.8) is 0 Å². The molecule has 0 saturated carbocycles. The van der Waals surface area contributed by atoms with Crippen LogP contribution in [0.5, 0.6) is 0 Å². The lowest BCUT2D eigenvalue weighted by atomic mass is 10.1. The van der Waals surface area contributed by atoms with Crippen molar-refractivity contribution in [3.8, 4) is 6.26 Å². The van der Waals surface area contributed by atoms with Crippen molar-refractivity contribution < 1.29 is 4.74 Å². The van der Waals surface area contributed by atoms with Gasteiger partial charge in [-0.25, -0.2) is 0 Å². The maximum atomic E-state index is 8.17. The molecule has 0 aliphatic rings. The van der Waals surface area contributed by atoms with Crippen LogP contribution in [0.3, 0.4) is 0 Å². The summed E-state index contributed by atoms with van der Waals surface area (Å²) < 4.78 is 4.44. The summed E-state index contributed by atoms with van der Waals surface area (Å²) in [6.07, 6.45) is 6.32. The minimum atomic E-state index is 0.854. The molecule has 0 atom stereocenters. The molecule has 1 rings (SSSR count). The molecule has 14 heavy (non-hydrogen) atoms. The van der Waals surface area contributed by atoms with Crippen molar-refractivity contribution >= 4 is 24.8 Å². The van der Waals surface area contributed by atoms with Crippen LogP contribution in [0.4, 0.5) is 0 Å². The first kappa shape index (κ1) is 10.4. The van der Waals surface area contributed by atoms with Crippen molar-refractivity contribution in [2.75, 3.05) is 0 Å². The van der Waals surface area contributed by atoms with Gasteiger partial charge in [0.15, 0.2) is 0 Å². The number of rotatable bonds is 3. The number of ether oxygens (including phenoxy) is 1. The first-order valence-electron chi connectivity index (χ1n) is 3.94. The number of hydrogen-bond acceptors (Lipinski definition) is 3. The van der Waals surface area contributed by atoms with E-state index in [1.54, 1.807) is 18.4 Å². The second-order valence-electron chi connectivity index (χ2n) is 2.53. The Hall–Kier alpha value is -1.66. The van der Waals surface area contributed by atoms with E-state index in [9.17, 15) is 0 Å². The lowest BCUT2D eigenvalue weighted by Gasteiger charge is -2.00. The van der Waals surface area contributed by atoms with Crippen LogP contribution >= 0.6 is 12.6 Å². The summed E-state index contributed by atoms with van der Waals surface area (Å²) in [4.78, 5) is 0.854. The number of nitriles is 1. The molecule has 0 bridgehead atoms. The van der Waals surface area contributed by atoms with Crippen LogP contribution in [0.25, 0.3) is 12.2 Å². The maximum Gasteiger partial charge on any atom is 0.291 e. The minimum absolute atomic E-state index is 0.854. The van der Waals surface area contributed by atoms with Gasteiger partial charge in [0.2, 0.25) is 0 Å². The third-order valence-electron chi connectivity index (χ3n) is 1.66. The topological polar surface area (TPSA) is 33.0 Å². The summed E-state index contributed by atoms with van der Waals surface area (Å²) in [5.74, 6) is 0. The van der Waals surface area contributed by atoms with Crippen molar-refractivity contribution in [1.29, 1.82) is 5.26 Å². The van der Waals surface area contributed by atoms with Crippen molar-refractivity contribution in [1.82, 2.24) is 0 Å². The molecule has 0 aliphatic heterocycles. The van der Waals surface area contributed by atoms with Gasteiger partial charge in [-0.1, -0.05) is 18.7 Å². The molecular formula is C11H9NOS. The molecule has 1 aromatic rings. The summed E-state index contributed by atoms with van der Waals surface area (Å²) >= 11 is 4.21. The third-order valence-corrected chi connectivity index (χ3v) is 1.94. The van der Waals surface area contributed by atoms with Gasteiger partial charge in [-0.3, -0.25) is 0 Å². The summed E-state index contributed by atoms with van der Waals surface area (Å²) in [7, 11) is 0. The Kier molecular flexibility index (Phi) is 3.84. The average molecular weight is 203 g/mol. The average Bonchev–Trinajstić information content (AvgIpc) is 2.19. The highest BCUT2D eigenvalue weighted by atomic mass is 32.1. The highest BCUT2D eigenvalue weighted by Gasteiger charge is 1.95. The minimum Gasteiger partial charge on any atom is -0.396 e.